The summed E-state index contributed by atoms with van der Waals surface area (Å²) in [6.07, 6.45) is 5.83. The smallest absolute Gasteiger partial charge is 0.308 e. The second-order valence-electron chi connectivity index (χ2n) is 7.95. The Morgan fingerprint density at radius 3 is 2.25 bits per heavy atom. The number of ether oxygens (including phenoxy) is 1. The molecule has 4 heteroatoms. The molecule has 1 aliphatic carbocycles. The van der Waals surface area contributed by atoms with Crippen LogP contribution in [0.15, 0.2) is 12.1 Å². The molecule has 1 unspecified atom stereocenters. The number of aromatic hydroxyl groups is 1. The molecule has 4 nitrogen and oxygen atoms in total. The highest BCUT2D eigenvalue weighted by Crippen LogP contribution is 2.42. The summed E-state index contributed by atoms with van der Waals surface area (Å²) in [5.74, 6) is 0.244. The van der Waals surface area contributed by atoms with Gasteiger partial charge in [0.1, 0.15) is 11.5 Å². The molecule has 1 atom stereocenters. The molecule has 134 valence electrons. The molecule has 0 bridgehead atoms. The van der Waals surface area contributed by atoms with Crippen LogP contribution in [0.2, 0.25) is 0 Å². The third-order valence-electron chi connectivity index (χ3n) is 4.86. The van der Waals surface area contributed by atoms with E-state index >= 15 is 0 Å². The zero-order valence-corrected chi connectivity index (χ0v) is 15.3. The first kappa shape index (κ1) is 18.8. The number of rotatable bonds is 3. The first-order valence-electron chi connectivity index (χ1n) is 8.94. The number of hydrogen-bond acceptors (Lipinski definition) is 4. The molecule has 2 N–H and O–H groups in total. The zero-order valence-electron chi connectivity index (χ0n) is 15.3. The molecule has 1 aromatic carbocycles. The van der Waals surface area contributed by atoms with Gasteiger partial charge in [0.15, 0.2) is 0 Å². The predicted molar refractivity (Wildman–Crippen MR) is 94.3 cm³/mol. The van der Waals surface area contributed by atoms with E-state index < -0.39 is 12.1 Å². The largest absolute Gasteiger partial charge is 0.508 e. The maximum absolute atomic E-state index is 11.5. The summed E-state index contributed by atoms with van der Waals surface area (Å²) in [6, 6.07) is 3.28. The lowest BCUT2D eigenvalue weighted by atomic mass is 9.83. The summed E-state index contributed by atoms with van der Waals surface area (Å²) in [6.45, 7) is 7.35. The van der Waals surface area contributed by atoms with Crippen LogP contribution in [0, 0.1) is 5.92 Å². The van der Waals surface area contributed by atoms with Crippen molar-refractivity contribution in [1.29, 1.82) is 0 Å². The summed E-state index contributed by atoms with van der Waals surface area (Å²) in [7, 11) is 0. The van der Waals surface area contributed by atoms with Gasteiger partial charge in [0, 0.05) is 18.1 Å². The molecule has 0 amide bonds. The zero-order chi connectivity index (χ0) is 17.9. The molecule has 1 aromatic rings. The molecule has 1 saturated carbocycles. The van der Waals surface area contributed by atoms with Crippen molar-refractivity contribution < 1.29 is 19.7 Å². The Balaban J connectivity index is 2.40. The minimum atomic E-state index is -0.730. The number of carbonyl (C=O) groups excluding carboxylic acids is 1. The fraction of sp³-hybridized carbons (Fsp3) is 0.650. The van der Waals surface area contributed by atoms with Gasteiger partial charge in [-0.2, -0.15) is 0 Å². The van der Waals surface area contributed by atoms with Crippen LogP contribution in [0.1, 0.15) is 83.5 Å². The van der Waals surface area contributed by atoms with Gasteiger partial charge >= 0.3 is 5.97 Å². The van der Waals surface area contributed by atoms with Crippen molar-refractivity contribution in [2.24, 2.45) is 5.92 Å². The van der Waals surface area contributed by atoms with E-state index in [0.717, 1.165) is 31.2 Å². The summed E-state index contributed by atoms with van der Waals surface area (Å²) < 4.78 is 5.37. The number of hydrogen-bond donors (Lipinski definition) is 2. The number of esters is 1. The Morgan fingerprint density at radius 1 is 1.17 bits per heavy atom. The minimum absolute atomic E-state index is 0.0765. The second kappa shape index (κ2) is 7.56. The van der Waals surface area contributed by atoms with Crippen LogP contribution >= 0.6 is 0 Å². The molecule has 0 saturated heterocycles. The van der Waals surface area contributed by atoms with E-state index in [2.05, 4.69) is 0 Å². The molecule has 0 spiro atoms. The van der Waals surface area contributed by atoms with Crippen molar-refractivity contribution in [3.8, 4) is 11.5 Å². The second-order valence-corrected chi connectivity index (χ2v) is 7.95. The van der Waals surface area contributed by atoms with E-state index in [1.165, 1.54) is 19.8 Å². The molecule has 0 aliphatic heterocycles. The van der Waals surface area contributed by atoms with Crippen LogP contribution in [0.25, 0.3) is 0 Å². The fourth-order valence-corrected chi connectivity index (χ4v) is 3.53. The standard InChI is InChI=1S/C20H30O4/c1-13(21)24-18-11-15(17(22)12-16(18)20(2,3)4)19(23)14-9-7-5-6-8-10-14/h11-12,14,19,22-23H,5-10H2,1-4H3. The summed E-state index contributed by atoms with van der Waals surface area (Å²) in [5.41, 5.74) is 0.937. The number of benzene rings is 1. The molecule has 0 aromatic heterocycles. The van der Waals surface area contributed by atoms with E-state index in [0.29, 0.717) is 11.3 Å². The van der Waals surface area contributed by atoms with Gasteiger partial charge in [-0.25, -0.2) is 0 Å². The number of aliphatic hydroxyl groups excluding tert-OH is 1. The Labute approximate surface area is 144 Å². The van der Waals surface area contributed by atoms with Crippen molar-refractivity contribution in [2.75, 3.05) is 0 Å². The summed E-state index contributed by atoms with van der Waals surface area (Å²) in [4.78, 5) is 11.5. The van der Waals surface area contributed by atoms with Crippen molar-refractivity contribution in [3.05, 3.63) is 23.3 Å². The van der Waals surface area contributed by atoms with Gasteiger partial charge in [-0.1, -0.05) is 46.5 Å². The van der Waals surface area contributed by atoms with Gasteiger partial charge in [-0.05, 0) is 36.3 Å². The highest BCUT2D eigenvalue weighted by atomic mass is 16.5. The average Bonchev–Trinajstić information content (AvgIpc) is 2.75. The van der Waals surface area contributed by atoms with Crippen LogP contribution in [-0.4, -0.2) is 16.2 Å². The minimum Gasteiger partial charge on any atom is -0.508 e. The van der Waals surface area contributed by atoms with Crippen molar-refractivity contribution in [1.82, 2.24) is 0 Å². The highest BCUT2D eigenvalue weighted by molar-refractivity contribution is 5.70. The average molecular weight is 334 g/mol. The molecule has 1 fully saturated rings. The molecule has 2 rings (SSSR count). The topological polar surface area (TPSA) is 66.8 Å². The third-order valence-corrected chi connectivity index (χ3v) is 4.86. The van der Waals surface area contributed by atoms with Crippen LogP contribution < -0.4 is 4.74 Å². The molecular weight excluding hydrogens is 304 g/mol. The normalized spacial score (nSPS) is 18.0. The number of phenols is 1. The van der Waals surface area contributed by atoms with E-state index in [-0.39, 0.29) is 17.1 Å². The highest BCUT2D eigenvalue weighted by Gasteiger charge is 2.28. The van der Waals surface area contributed by atoms with Crippen molar-refractivity contribution >= 4 is 5.97 Å². The third kappa shape index (κ3) is 4.50. The molecule has 0 heterocycles. The Morgan fingerprint density at radius 2 is 1.75 bits per heavy atom. The fourth-order valence-electron chi connectivity index (χ4n) is 3.53. The van der Waals surface area contributed by atoms with E-state index in [1.54, 1.807) is 12.1 Å². The van der Waals surface area contributed by atoms with Gasteiger partial charge < -0.3 is 14.9 Å². The quantitative estimate of drug-likeness (QED) is 0.481. The lowest BCUT2D eigenvalue weighted by Gasteiger charge is -2.26. The van der Waals surface area contributed by atoms with Crippen molar-refractivity contribution in [2.45, 2.75) is 77.7 Å². The van der Waals surface area contributed by atoms with Crippen LogP contribution in [-0.2, 0) is 10.2 Å². The first-order chi connectivity index (χ1) is 11.2. The molecular formula is C20H30O4. The monoisotopic (exact) mass is 334 g/mol. The van der Waals surface area contributed by atoms with Gasteiger partial charge in [0.2, 0.25) is 0 Å². The number of aliphatic hydroxyl groups is 1. The maximum atomic E-state index is 11.5. The Hall–Kier alpha value is -1.55. The van der Waals surface area contributed by atoms with Gasteiger partial charge in [0.05, 0.1) is 6.10 Å². The first-order valence-corrected chi connectivity index (χ1v) is 8.94. The van der Waals surface area contributed by atoms with E-state index in [9.17, 15) is 15.0 Å². The van der Waals surface area contributed by atoms with Gasteiger partial charge in [-0.15, -0.1) is 0 Å². The van der Waals surface area contributed by atoms with E-state index in [4.69, 9.17) is 4.74 Å². The van der Waals surface area contributed by atoms with Gasteiger partial charge in [-0.3, -0.25) is 4.79 Å². The SMILES string of the molecule is CC(=O)Oc1cc(C(O)C2CCCCCC2)c(O)cc1C(C)(C)C. The lowest BCUT2D eigenvalue weighted by molar-refractivity contribution is -0.131. The predicted octanol–water partition coefficient (Wildman–Crippen LogP) is 4.62. The molecule has 1 aliphatic rings. The summed E-state index contributed by atoms with van der Waals surface area (Å²) in [5, 5.41) is 21.3. The Bertz CT molecular complexity index is 578. The van der Waals surface area contributed by atoms with Crippen molar-refractivity contribution in [3.63, 3.8) is 0 Å². The van der Waals surface area contributed by atoms with Crippen LogP contribution in [0.5, 0.6) is 11.5 Å². The Kier molecular flexibility index (Phi) is 5.92. The number of carbonyl (C=O) groups is 1. The molecule has 0 radical (unpaired) electrons. The van der Waals surface area contributed by atoms with E-state index in [1.807, 2.05) is 20.8 Å². The van der Waals surface area contributed by atoms with Crippen LogP contribution in [0.4, 0.5) is 0 Å². The number of phenolic OH excluding ortho intramolecular Hbond substituents is 1. The lowest BCUT2D eigenvalue weighted by Crippen LogP contribution is -2.17. The van der Waals surface area contributed by atoms with Crippen LogP contribution in [0.3, 0.4) is 0 Å². The maximum Gasteiger partial charge on any atom is 0.308 e. The summed E-state index contributed by atoms with van der Waals surface area (Å²) >= 11 is 0. The van der Waals surface area contributed by atoms with Gasteiger partial charge in [0.25, 0.3) is 0 Å². The molecule has 24 heavy (non-hydrogen) atoms.